The van der Waals surface area contributed by atoms with Gasteiger partial charge >= 0.3 is 5.97 Å². The van der Waals surface area contributed by atoms with Crippen LogP contribution in [0.15, 0.2) is 52.0 Å². The Bertz CT molecular complexity index is 1210. The molecule has 32 heavy (non-hydrogen) atoms. The smallest absolute Gasteiger partial charge is 0.339 e. The Morgan fingerprint density at radius 3 is 2.47 bits per heavy atom. The highest BCUT2D eigenvalue weighted by Crippen LogP contribution is 2.73. The number of halogens is 1. The molecule has 0 N–H and O–H groups in total. The van der Waals surface area contributed by atoms with Crippen molar-refractivity contribution in [3.8, 4) is 11.3 Å². The summed E-state index contributed by atoms with van der Waals surface area (Å²) in [5.74, 6) is -0.340. The van der Waals surface area contributed by atoms with Crippen molar-refractivity contribution in [2.24, 2.45) is 34.2 Å². The van der Waals surface area contributed by atoms with Crippen molar-refractivity contribution in [2.45, 2.75) is 12.8 Å². The van der Waals surface area contributed by atoms with Gasteiger partial charge in [-0.2, -0.15) is 10.1 Å². The summed E-state index contributed by atoms with van der Waals surface area (Å²) in [6.45, 7) is 0. The zero-order valence-electron chi connectivity index (χ0n) is 17.2. The first-order chi connectivity index (χ1) is 15.4. The van der Waals surface area contributed by atoms with Gasteiger partial charge in [-0.15, -0.1) is 0 Å². The molecule has 4 aliphatic rings. The number of benzene rings is 1. The minimum atomic E-state index is -0.543. The molecular weight excluding hydrogens is 432 g/mol. The van der Waals surface area contributed by atoms with E-state index in [1.54, 1.807) is 30.3 Å². The third-order valence-corrected chi connectivity index (χ3v) is 7.74. The summed E-state index contributed by atoms with van der Waals surface area (Å²) in [7, 11) is 1.29. The molecule has 0 radical (unpaired) electrons. The molecule has 2 saturated carbocycles. The quantitative estimate of drug-likeness (QED) is 0.305. The fraction of sp³-hybridized carbons (Fsp3) is 0.333. The van der Waals surface area contributed by atoms with Crippen LogP contribution in [0.3, 0.4) is 0 Å². The first-order valence-electron chi connectivity index (χ1n) is 10.5. The number of fused-ring (bicyclic) bond motifs is 3. The molecule has 2 aromatic rings. The van der Waals surface area contributed by atoms with Gasteiger partial charge in [0.1, 0.15) is 11.5 Å². The van der Waals surface area contributed by atoms with Crippen LogP contribution in [0.1, 0.15) is 29.0 Å². The van der Waals surface area contributed by atoms with Gasteiger partial charge in [0.05, 0.1) is 35.7 Å². The number of hydrogen-bond donors (Lipinski definition) is 0. The Morgan fingerprint density at radius 1 is 1.16 bits per heavy atom. The number of methoxy groups -OCH3 is 1. The predicted octanol–water partition coefficient (Wildman–Crippen LogP) is 3.92. The molecule has 2 bridgehead atoms. The molecule has 2 heterocycles. The molecule has 6 rings (SSSR count). The van der Waals surface area contributed by atoms with E-state index in [2.05, 4.69) is 17.3 Å². The van der Waals surface area contributed by atoms with Gasteiger partial charge in [0, 0.05) is 5.56 Å². The molecule has 8 heteroatoms. The van der Waals surface area contributed by atoms with Crippen molar-refractivity contribution in [3.05, 3.63) is 58.8 Å². The van der Waals surface area contributed by atoms with E-state index in [1.165, 1.54) is 13.3 Å². The molecule has 3 aliphatic carbocycles. The number of esters is 1. The molecule has 3 fully saturated rings. The zero-order valence-corrected chi connectivity index (χ0v) is 17.9. The van der Waals surface area contributed by atoms with Crippen LogP contribution in [-0.2, 0) is 14.3 Å². The average Bonchev–Trinajstić information content (AvgIpc) is 3.08. The Balaban J connectivity index is 1.22. The van der Waals surface area contributed by atoms with Crippen LogP contribution in [0.25, 0.3) is 11.3 Å². The molecule has 0 unspecified atom stereocenters. The Labute approximate surface area is 188 Å². The maximum absolute atomic E-state index is 13.0. The standard InChI is InChI=1S/C24H19ClN2O5/c1-31-23(30)14-10-12(2-6-17(14)25)18-7-3-13(32-18)11-26-27-21(28)19-15-4-5-16(20(19)22(27)29)24(15)8-9-24/h2-7,10-11,15-16,19-20H,8-9H2,1H3/b26-11-/t15-,16-,19-,20-/m1/s1. The summed E-state index contributed by atoms with van der Waals surface area (Å²) >= 11 is 6.07. The molecule has 1 spiro atoms. The molecule has 162 valence electrons. The van der Waals surface area contributed by atoms with Crippen molar-refractivity contribution in [3.63, 3.8) is 0 Å². The number of imide groups is 1. The minimum Gasteiger partial charge on any atom is -0.465 e. The third kappa shape index (κ3) is 2.54. The molecule has 1 aliphatic heterocycles. The lowest BCUT2D eigenvalue weighted by molar-refractivity contribution is -0.141. The van der Waals surface area contributed by atoms with Crippen molar-refractivity contribution in [1.82, 2.24) is 5.01 Å². The summed E-state index contributed by atoms with van der Waals surface area (Å²) in [5, 5.41) is 5.47. The first kappa shape index (κ1) is 19.5. The monoisotopic (exact) mass is 450 g/mol. The number of rotatable bonds is 4. The SMILES string of the molecule is COC(=O)c1cc(-c2ccc(/C=N\N3C(=O)[C@H]4[C@H](C3=O)[C@H]3C=C[C@H]4C34CC4)o2)ccc1Cl. The lowest BCUT2D eigenvalue weighted by atomic mass is 9.85. The van der Waals surface area contributed by atoms with Crippen LogP contribution in [0.5, 0.6) is 0 Å². The van der Waals surface area contributed by atoms with Gasteiger partial charge in [0.2, 0.25) is 0 Å². The average molecular weight is 451 g/mol. The van der Waals surface area contributed by atoms with Crippen LogP contribution in [-0.4, -0.2) is 36.1 Å². The predicted molar refractivity (Wildman–Crippen MR) is 115 cm³/mol. The molecule has 7 nitrogen and oxygen atoms in total. The van der Waals surface area contributed by atoms with Crippen molar-refractivity contribution in [1.29, 1.82) is 0 Å². The lowest BCUT2D eigenvalue weighted by Gasteiger charge is -2.18. The fourth-order valence-corrected chi connectivity index (χ4v) is 6.01. The van der Waals surface area contributed by atoms with E-state index in [9.17, 15) is 14.4 Å². The molecule has 4 atom stereocenters. The van der Waals surface area contributed by atoms with Crippen molar-refractivity contribution in [2.75, 3.05) is 7.11 Å². The normalized spacial score (nSPS) is 28.9. The van der Waals surface area contributed by atoms with Gasteiger partial charge in [0.25, 0.3) is 11.8 Å². The highest BCUT2D eigenvalue weighted by Gasteiger charge is 2.73. The number of nitrogens with zero attached hydrogens (tertiary/aromatic N) is 2. The van der Waals surface area contributed by atoms with E-state index in [-0.39, 0.29) is 51.5 Å². The van der Waals surface area contributed by atoms with E-state index < -0.39 is 5.97 Å². The maximum Gasteiger partial charge on any atom is 0.339 e. The highest BCUT2D eigenvalue weighted by molar-refractivity contribution is 6.33. The van der Waals surface area contributed by atoms with Crippen LogP contribution >= 0.6 is 11.6 Å². The summed E-state index contributed by atoms with van der Waals surface area (Å²) in [4.78, 5) is 37.8. The zero-order chi connectivity index (χ0) is 22.2. The first-order valence-corrected chi connectivity index (χ1v) is 10.9. The van der Waals surface area contributed by atoms with Gasteiger partial charge < -0.3 is 9.15 Å². The lowest BCUT2D eigenvalue weighted by Crippen LogP contribution is -2.30. The summed E-state index contributed by atoms with van der Waals surface area (Å²) in [5.41, 5.74) is 1.03. The Kier molecular flexibility index (Phi) is 4.05. The van der Waals surface area contributed by atoms with Crippen molar-refractivity contribution < 1.29 is 23.5 Å². The van der Waals surface area contributed by atoms with E-state index in [4.69, 9.17) is 20.8 Å². The van der Waals surface area contributed by atoms with Gasteiger partial charge in [-0.25, -0.2) is 4.79 Å². The number of allylic oxidation sites excluding steroid dienone is 2. The highest BCUT2D eigenvalue weighted by atomic mass is 35.5. The number of furan rings is 1. The Morgan fingerprint density at radius 2 is 1.84 bits per heavy atom. The largest absolute Gasteiger partial charge is 0.465 e. The number of carbonyl (C=O) groups excluding carboxylic acids is 3. The molecule has 2 amide bonds. The van der Waals surface area contributed by atoms with E-state index >= 15 is 0 Å². The fourth-order valence-electron chi connectivity index (χ4n) is 5.81. The van der Waals surface area contributed by atoms with Crippen LogP contribution in [0.4, 0.5) is 0 Å². The Hall–Kier alpha value is -3.19. The number of amides is 2. The second-order valence-electron chi connectivity index (χ2n) is 8.84. The number of ether oxygens (including phenoxy) is 1. The van der Waals surface area contributed by atoms with E-state index in [0.717, 1.165) is 17.9 Å². The van der Waals surface area contributed by atoms with E-state index in [0.29, 0.717) is 17.1 Å². The summed E-state index contributed by atoms with van der Waals surface area (Å²) in [6, 6.07) is 8.30. The maximum atomic E-state index is 13.0. The third-order valence-electron chi connectivity index (χ3n) is 7.41. The van der Waals surface area contributed by atoms with E-state index in [1.807, 2.05) is 0 Å². The number of carbonyl (C=O) groups is 3. The van der Waals surface area contributed by atoms with Crippen LogP contribution in [0.2, 0.25) is 5.02 Å². The molecule has 1 aromatic carbocycles. The topological polar surface area (TPSA) is 89.2 Å². The molecular formula is C24H19ClN2O5. The van der Waals surface area contributed by atoms with Gasteiger partial charge in [0.15, 0.2) is 0 Å². The second kappa shape index (κ2) is 6.65. The molecule has 1 saturated heterocycles. The second-order valence-corrected chi connectivity index (χ2v) is 9.25. The van der Waals surface area contributed by atoms with Gasteiger partial charge in [-0.1, -0.05) is 23.8 Å². The van der Waals surface area contributed by atoms with Gasteiger partial charge in [-0.05, 0) is 60.4 Å². The minimum absolute atomic E-state index is 0.161. The summed E-state index contributed by atoms with van der Waals surface area (Å²) < 4.78 is 10.5. The summed E-state index contributed by atoms with van der Waals surface area (Å²) in [6.07, 6.45) is 7.84. The number of hydrogen-bond acceptors (Lipinski definition) is 6. The van der Waals surface area contributed by atoms with Crippen LogP contribution < -0.4 is 0 Å². The van der Waals surface area contributed by atoms with Gasteiger partial charge in [-0.3, -0.25) is 9.59 Å². The number of hydrazone groups is 1. The van der Waals surface area contributed by atoms with Crippen LogP contribution in [0, 0.1) is 29.1 Å². The van der Waals surface area contributed by atoms with Crippen molar-refractivity contribution >= 4 is 35.6 Å². The molecule has 1 aromatic heterocycles.